The molecule has 0 aromatic heterocycles. The van der Waals surface area contributed by atoms with Gasteiger partial charge in [-0.3, -0.25) is 13.8 Å². The number of esters is 1. The zero-order chi connectivity index (χ0) is 23.4. The number of nitriles is 1. The second-order valence-corrected chi connectivity index (χ2v) is 9.90. The molecule has 0 radical (unpaired) electrons. The minimum Gasteiger partial charge on any atom is -0.466 e. The number of ether oxygens (including phenoxy) is 1. The van der Waals surface area contributed by atoms with Crippen LogP contribution in [0.5, 0.6) is 0 Å². The van der Waals surface area contributed by atoms with Gasteiger partial charge in [0.05, 0.1) is 13.0 Å². The van der Waals surface area contributed by atoms with Gasteiger partial charge in [-0.2, -0.15) is 5.26 Å². The summed E-state index contributed by atoms with van der Waals surface area (Å²) in [5.74, 6) is -1.10. The first-order valence-corrected chi connectivity index (χ1v) is 12.2. The van der Waals surface area contributed by atoms with Crippen LogP contribution in [0.2, 0.25) is 0 Å². The number of hydrogen-bond donors (Lipinski definition) is 0. The summed E-state index contributed by atoms with van der Waals surface area (Å²) in [6, 6.07) is 20.3. The molecule has 3 rings (SSSR count). The molecule has 7 nitrogen and oxygen atoms in total. The second-order valence-electron chi connectivity index (χ2n) is 7.93. The van der Waals surface area contributed by atoms with Gasteiger partial charge in [-0.05, 0) is 32.0 Å². The molecule has 0 amide bonds. The van der Waals surface area contributed by atoms with Crippen LogP contribution in [0.1, 0.15) is 44.4 Å². The molecule has 1 aliphatic rings. The fourth-order valence-corrected chi connectivity index (χ4v) is 6.06. The number of likely N-dealkylation sites (N-methyl/N-ethyl adjacent to an activating group) is 1. The Morgan fingerprint density at radius 1 is 1.22 bits per heavy atom. The van der Waals surface area contributed by atoms with E-state index in [0.29, 0.717) is 5.56 Å². The van der Waals surface area contributed by atoms with Crippen LogP contribution in [0.3, 0.4) is 0 Å². The molecule has 0 aliphatic carbocycles. The molecule has 170 valence electrons. The number of rotatable bonds is 8. The van der Waals surface area contributed by atoms with Crippen molar-refractivity contribution >= 4 is 13.7 Å². The highest BCUT2D eigenvalue weighted by molar-refractivity contribution is 7.51. The molecule has 0 bridgehead atoms. The van der Waals surface area contributed by atoms with Crippen LogP contribution in [-0.4, -0.2) is 30.3 Å². The summed E-state index contributed by atoms with van der Waals surface area (Å²) < 4.78 is 32.9. The molecule has 5 atom stereocenters. The van der Waals surface area contributed by atoms with Gasteiger partial charge in [-0.25, -0.2) is 9.24 Å². The van der Waals surface area contributed by atoms with Gasteiger partial charge < -0.3 is 4.74 Å². The zero-order valence-corrected chi connectivity index (χ0v) is 19.7. The third-order valence-electron chi connectivity index (χ3n) is 5.89. The highest BCUT2D eigenvalue weighted by Gasteiger charge is 2.55. The predicted octanol–water partition coefficient (Wildman–Crippen LogP) is 5.21. The molecule has 2 aromatic rings. The summed E-state index contributed by atoms with van der Waals surface area (Å²) in [7, 11) is -2.23. The van der Waals surface area contributed by atoms with E-state index >= 15 is 0 Å². The Labute approximate surface area is 189 Å². The van der Waals surface area contributed by atoms with Crippen molar-refractivity contribution in [2.75, 3.05) is 13.7 Å². The van der Waals surface area contributed by atoms with Crippen LogP contribution in [0, 0.1) is 17.2 Å². The number of carbonyl (C=O) groups excluding carboxylic acids is 1. The predicted molar refractivity (Wildman–Crippen MR) is 120 cm³/mol. The fourth-order valence-electron chi connectivity index (χ4n) is 3.90. The van der Waals surface area contributed by atoms with E-state index in [1.165, 1.54) is 0 Å². The SMILES string of the molecule is CCOC(=O)CC(C)C(C#N)(OP1(=O)OC(c2ccccc2)C(C)N1C)c1ccccc1. The van der Waals surface area contributed by atoms with Gasteiger partial charge in [-0.15, -0.1) is 0 Å². The normalized spacial score (nSPS) is 26.1. The van der Waals surface area contributed by atoms with Gasteiger partial charge in [0.15, 0.2) is 5.60 Å². The van der Waals surface area contributed by atoms with E-state index in [1.54, 1.807) is 49.8 Å². The lowest BCUT2D eigenvalue weighted by Gasteiger charge is -2.35. The van der Waals surface area contributed by atoms with Crippen molar-refractivity contribution in [2.45, 2.75) is 44.9 Å². The number of nitrogens with zero attached hydrogens (tertiary/aromatic N) is 2. The summed E-state index contributed by atoms with van der Waals surface area (Å²) in [6.07, 6.45) is -0.558. The second kappa shape index (κ2) is 9.97. The number of carbonyl (C=O) groups is 1. The molecule has 5 unspecified atom stereocenters. The van der Waals surface area contributed by atoms with Crippen molar-refractivity contribution in [2.24, 2.45) is 5.92 Å². The Kier molecular flexibility index (Phi) is 7.53. The van der Waals surface area contributed by atoms with Crippen molar-refractivity contribution in [3.8, 4) is 6.07 Å². The Bertz CT molecular complexity index is 1010. The Balaban J connectivity index is 2.00. The standard InChI is InChI=1S/C24H29N2O5P/c1-5-29-22(27)16-18(2)24(17-25,21-14-10-7-11-15-21)31-32(28)26(4)19(3)23(30-32)20-12-8-6-9-13-20/h6-15,18-19,23H,5,16H2,1-4H3. The summed E-state index contributed by atoms with van der Waals surface area (Å²) in [5.41, 5.74) is -0.305. The zero-order valence-electron chi connectivity index (χ0n) is 18.8. The average molecular weight is 456 g/mol. The quantitative estimate of drug-likeness (QED) is 0.398. The Hall–Kier alpha value is -2.49. The van der Waals surface area contributed by atoms with Crippen LogP contribution in [0.25, 0.3) is 0 Å². The van der Waals surface area contributed by atoms with Crippen LogP contribution in [0.15, 0.2) is 60.7 Å². The van der Waals surface area contributed by atoms with E-state index in [0.717, 1.165) is 5.56 Å². The lowest BCUT2D eigenvalue weighted by Crippen LogP contribution is -2.37. The van der Waals surface area contributed by atoms with E-state index in [9.17, 15) is 14.6 Å². The minimum absolute atomic E-state index is 0.0718. The first-order chi connectivity index (χ1) is 15.3. The first-order valence-electron chi connectivity index (χ1n) is 10.7. The maximum absolute atomic E-state index is 14.0. The summed E-state index contributed by atoms with van der Waals surface area (Å²) in [4.78, 5) is 12.2. The molecule has 1 fully saturated rings. The van der Waals surface area contributed by atoms with Crippen molar-refractivity contribution in [3.63, 3.8) is 0 Å². The van der Waals surface area contributed by atoms with Crippen LogP contribution in [-0.2, 0) is 28.7 Å². The maximum Gasteiger partial charge on any atom is 0.410 e. The van der Waals surface area contributed by atoms with E-state index < -0.39 is 31.3 Å². The third-order valence-corrected chi connectivity index (χ3v) is 8.04. The molecule has 0 saturated carbocycles. The van der Waals surface area contributed by atoms with E-state index in [4.69, 9.17) is 13.8 Å². The fraction of sp³-hybridized carbons (Fsp3) is 0.417. The van der Waals surface area contributed by atoms with Gasteiger partial charge in [-0.1, -0.05) is 67.6 Å². The largest absolute Gasteiger partial charge is 0.466 e. The molecule has 1 heterocycles. The number of hydrogen-bond acceptors (Lipinski definition) is 6. The highest BCUT2D eigenvalue weighted by atomic mass is 31.2. The smallest absolute Gasteiger partial charge is 0.410 e. The van der Waals surface area contributed by atoms with Crippen LogP contribution < -0.4 is 0 Å². The maximum atomic E-state index is 14.0. The van der Waals surface area contributed by atoms with Crippen LogP contribution >= 0.6 is 7.75 Å². The first kappa shape index (κ1) is 24.2. The number of benzene rings is 2. The van der Waals surface area contributed by atoms with Gasteiger partial charge >= 0.3 is 13.7 Å². The molecule has 8 heteroatoms. The lowest BCUT2D eigenvalue weighted by atomic mass is 9.81. The lowest BCUT2D eigenvalue weighted by molar-refractivity contribution is -0.145. The van der Waals surface area contributed by atoms with E-state index in [1.807, 2.05) is 43.3 Å². The van der Waals surface area contributed by atoms with Gasteiger partial charge in [0, 0.05) is 12.0 Å². The summed E-state index contributed by atoms with van der Waals surface area (Å²) >= 11 is 0. The van der Waals surface area contributed by atoms with Crippen LogP contribution in [0.4, 0.5) is 0 Å². The third kappa shape index (κ3) is 4.65. The van der Waals surface area contributed by atoms with Crippen molar-refractivity contribution < 1.29 is 23.1 Å². The van der Waals surface area contributed by atoms with Gasteiger partial charge in [0.2, 0.25) is 0 Å². The van der Waals surface area contributed by atoms with E-state index in [2.05, 4.69) is 6.07 Å². The molecule has 1 saturated heterocycles. The average Bonchev–Trinajstić information content (AvgIpc) is 3.03. The summed E-state index contributed by atoms with van der Waals surface area (Å²) in [5, 5.41) is 10.3. The Morgan fingerprint density at radius 2 is 1.81 bits per heavy atom. The molecule has 32 heavy (non-hydrogen) atoms. The van der Waals surface area contributed by atoms with Gasteiger partial charge in [0.1, 0.15) is 12.2 Å². The Morgan fingerprint density at radius 3 is 2.38 bits per heavy atom. The van der Waals surface area contributed by atoms with Crippen molar-refractivity contribution in [1.82, 2.24) is 4.67 Å². The molecule has 2 aromatic carbocycles. The topological polar surface area (TPSA) is 88.9 Å². The monoisotopic (exact) mass is 456 g/mol. The molecule has 0 spiro atoms. The van der Waals surface area contributed by atoms with E-state index in [-0.39, 0.29) is 19.1 Å². The van der Waals surface area contributed by atoms with Gasteiger partial charge in [0.25, 0.3) is 0 Å². The minimum atomic E-state index is -3.90. The molecular weight excluding hydrogens is 427 g/mol. The molecular formula is C24H29N2O5P. The molecule has 1 aliphatic heterocycles. The highest BCUT2D eigenvalue weighted by Crippen LogP contribution is 2.66. The summed E-state index contributed by atoms with van der Waals surface area (Å²) in [6.45, 7) is 5.57. The van der Waals surface area contributed by atoms with Crippen molar-refractivity contribution in [3.05, 3.63) is 71.8 Å². The molecule has 0 N–H and O–H groups in total. The van der Waals surface area contributed by atoms with Crippen molar-refractivity contribution in [1.29, 1.82) is 5.26 Å².